The summed E-state index contributed by atoms with van der Waals surface area (Å²) in [6.07, 6.45) is 0. The first-order chi connectivity index (χ1) is 17.0. The van der Waals surface area contributed by atoms with Gasteiger partial charge < -0.3 is 9.47 Å². The van der Waals surface area contributed by atoms with Crippen LogP contribution in [0.4, 0.5) is 0 Å². The molecule has 0 N–H and O–H groups in total. The van der Waals surface area contributed by atoms with Crippen LogP contribution in [0.25, 0.3) is 21.1 Å². The lowest BCUT2D eigenvalue weighted by Crippen LogP contribution is -2.07. The number of rotatable bonds is 7. The Kier molecular flexibility index (Phi) is 10.1. The second-order valence-corrected chi connectivity index (χ2v) is 9.87. The molecular formula is C26H25BrN2O4S2. The summed E-state index contributed by atoms with van der Waals surface area (Å²) in [5, 5.41) is 2.30. The van der Waals surface area contributed by atoms with Crippen LogP contribution in [0.15, 0.2) is 60.7 Å². The van der Waals surface area contributed by atoms with E-state index in [9.17, 15) is 9.59 Å². The smallest absolute Gasteiger partial charge is 0.358 e. The highest BCUT2D eigenvalue weighted by molar-refractivity contribution is 9.08. The van der Waals surface area contributed by atoms with Crippen LogP contribution in [0.2, 0.25) is 0 Å². The van der Waals surface area contributed by atoms with Crippen molar-refractivity contribution in [3.8, 4) is 21.1 Å². The molecule has 0 unspecified atom stereocenters. The number of thiazole rings is 2. The zero-order valence-electron chi connectivity index (χ0n) is 19.6. The van der Waals surface area contributed by atoms with Gasteiger partial charge in [-0.15, -0.1) is 22.7 Å². The fourth-order valence-electron chi connectivity index (χ4n) is 2.99. The first-order valence-corrected chi connectivity index (χ1v) is 13.7. The Labute approximate surface area is 221 Å². The van der Waals surface area contributed by atoms with Crippen LogP contribution in [0.1, 0.15) is 44.6 Å². The molecule has 6 nitrogen and oxygen atoms in total. The van der Waals surface area contributed by atoms with Crippen LogP contribution in [0, 0.1) is 6.92 Å². The lowest BCUT2D eigenvalue weighted by atomic mass is 10.2. The number of aromatic nitrogens is 2. The van der Waals surface area contributed by atoms with Crippen LogP contribution in [-0.2, 0) is 14.8 Å². The van der Waals surface area contributed by atoms with Gasteiger partial charge in [0.05, 0.1) is 18.1 Å². The molecule has 0 aliphatic rings. The molecule has 0 aliphatic heterocycles. The molecular weight excluding hydrogens is 548 g/mol. The predicted octanol–water partition coefficient (Wildman–Crippen LogP) is 7.18. The zero-order chi connectivity index (χ0) is 25.2. The van der Waals surface area contributed by atoms with E-state index in [4.69, 9.17) is 9.47 Å². The van der Waals surface area contributed by atoms with E-state index in [0.717, 1.165) is 30.9 Å². The van der Waals surface area contributed by atoms with E-state index in [2.05, 4.69) is 25.9 Å². The van der Waals surface area contributed by atoms with Crippen molar-refractivity contribution in [2.45, 2.75) is 26.1 Å². The normalized spacial score (nSPS) is 10.3. The summed E-state index contributed by atoms with van der Waals surface area (Å²) >= 11 is 6.39. The van der Waals surface area contributed by atoms with Crippen molar-refractivity contribution in [3.63, 3.8) is 0 Å². The molecule has 2 aromatic heterocycles. The van der Waals surface area contributed by atoms with E-state index in [1.54, 1.807) is 13.8 Å². The number of carbonyl (C=O) groups excluding carboxylic acids is 2. The molecule has 182 valence electrons. The van der Waals surface area contributed by atoms with Gasteiger partial charge in [0.25, 0.3) is 0 Å². The van der Waals surface area contributed by atoms with E-state index in [0.29, 0.717) is 29.9 Å². The Balaban J connectivity index is 0.000000196. The van der Waals surface area contributed by atoms with E-state index < -0.39 is 0 Å². The van der Waals surface area contributed by atoms with Crippen LogP contribution in [0.3, 0.4) is 0 Å². The van der Waals surface area contributed by atoms with Gasteiger partial charge in [-0.05, 0) is 20.8 Å². The minimum absolute atomic E-state index is 0.344. The summed E-state index contributed by atoms with van der Waals surface area (Å²) in [4.78, 5) is 33.9. The highest BCUT2D eigenvalue weighted by atomic mass is 79.9. The Morgan fingerprint density at radius 2 is 1.23 bits per heavy atom. The number of nitrogens with zero attached hydrogens (tertiary/aromatic N) is 2. The lowest BCUT2D eigenvalue weighted by molar-refractivity contribution is 0.0510. The number of carbonyl (C=O) groups is 2. The molecule has 0 radical (unpaired) electrons. The molecule has 4 aromatic rings. The van der Waals surface area contributed by atoms with Crippen molar-refractivity contribution in [1.82, 2.24) is 9.97 Å². The first-order valence-electron chi connectivity index (χ1n) is 11.0. The van der Waals surface area contributed by atoms with Gasteiger partial charge >= 0.3 is 11.9 Å². The number of ether oxygens (including phenoxy) is 2. The van der Waals surface area contributed by atoms with Gasteiger partial charge in [-0.2, -0.15) is 0 Å². The Bertz CT molecular complexity index is 1260. The molecule has 35 heavy (non-hydrogen) atoms. The quantitative estimate of drug-likeness (QED) is 0.172. The summed E-state index contributed by atoms with van der Waals surface area (Å²) in [5.74, 6) is -0.700. The monoisotopic (exact) mass is 572 g/mol. The third kappa shape index (κ3) is 7.06. The fraction of sp³-hybridized carbons (Fsp3) is 0.231. The maximum Gasteiger partial charge on any atom is 0.358 e. The number of esters is 2. The molecule has 0 saturated heterocycles. The molecule has 0 bridgehead atoms. The van der Waals surface area contributed by atoms with Gasteiger partial charge in [0, 0.05) is 21.3 Å². The molecule has 0 aliphatic carbocycles. The van der Waals surface area contributed by atoms with Crippen LogP contribution in [-0.4, -0.2) is 35.1 Å². The SMILES string of the molecule is CCOC(=O)c1nc(-c2ccccc2)sc1C.CCOC(=O)c1nc(-c2ccccc2)sc1CBr. The number of hydrogen-bond acceptors (Lipinski definition) is 8. The molecule has 2 heterocycles. The van der Waals surface area contributed by atoms with Gasteiger partial charge in [0.2, 0.25) is 0 Å². The predicted molar refractivity (Wildman–Crippen MR) is 144 cm³/mol. The molecule has 4 rings (SSSR count). The average Bonchev–Trinajstić information content (AvgIpc) is 3.50. The van der Waals surface area contributed by atoms with Crippen molar-refractivity contribution < 1.29 is 19.1 Å². The fourth-order valence-corrected chi connectivity index (χ4v) is 5.41. The summed E-state index contributed by atoms with van der Waals surface area (Å²) in [6.45, 7) is 6.19. The molecule has 9 heteroatoms. The van der Waals surface area contributed by atoms with Crippen molar-refractivity contribution in [2.24, 2.45) is 0 Å². The molecule has 0 atom stereocenters. The maximum absolute atomic E-state index is 11.8. The minimum atomic E-state index is -0.356. The first kappa shape index (κ1) is 26.7. The highest BCUT2D eigenvalue weighted by Gasteiger charge is 2.19. The van der Waals surface area contributed by atoms with Gasteiger partial charge in [-0.25, -0.2) is 19.6 Å². The second kappa shape index (κ2) is 13.3. The molecule has 0 fully saturated rings. The van der Waals surface area contributed by atoms with Gasteiger partial charge in [-0.1, -0.05) is 76.6 Å². The topological polar surface area (TPSA) is 78.4 Å². The Morgan fingerprint density at radius 3 is 1.71 bits per heavy atom. The third-order valence-electron chi connectivity index (χ3n) is 4.59. The van der Waals surface area contributed by atoms with Crippen molar-refractivity contribution in [1.29, 1.82) is 0 Å². The standard InChI is InChI=1S/C13H12BrNO2S.C13H13NO2S/c1-2-17-13(16)11-10(8-14)18-12(15-11)9-6-4-3-5-7-9;1-3-16-13(15)11-9(2)17-12(14-11)10-7-5-4-6-8-10/h3-7H,2,8H2,1H3;4-8H,3H2,1-2H3. The number of alkyl halides is 1. The van der Waals surface area contributed by atoms with E-state index in [-0.39, 0.29) is 11.9 Å². The lowest BCUT2D eigenvalue weighted by Gasteiger charge is -1.98. The van der Waals surface area contributed by atoms with Crippen LogP contribution < -0.4 is 0 Å². The summed E-state index contributed by atoms with van der Waals surface area (Å²) in [5.41, 5.74) is 2.88. The Hall–Kier alpha value is -2.88. The largest absolute Gasteiger partial charge is 0.461 e. The summed E-state index contributed by atoms with van der Waals surface area (Å²) in [6, 6.07) is 19.6. The summed E-state index contributed by atoms with van der Waals surface area (Å²) in [7, 11) is 0. The molecule has 0 saturated carbocycles. The zero-order valence-corrected chi connectivity index (χ0v) is 22.8. The number of aryl methyl sites for hydroxylation is 1. The number of hydrogen-bond donors (Lipinski definition) is 0. The molecule has 0 spiro atoms. The summed E-state index contributed by atoms with van der Waals surface area (Å²) < 4.78 is 9.97. The van der Waals surface area contributed by atoms with E-state index in [1.807, 2.05) is 67.6 Å². The number of benzene rings is 2. The van der Waals surface area contributed by atoms with E-state index >= 15 is 0 Å². The van der Waals surface area contributed by atoms with Gasteiger partial charge in [0.1, 0.15) is 10.0 Å². The highest BCUT2D eigenvalue weighted by Crippen LogP contribution is 2.30. The average molecular weight is 574 g/mol. The molecule has 2 aromatic carbocycles. The van der Waals surface area contributed by atoms with Crippen molar-refractivity contribution >= 4 is 50.5 Å². The van der Waals surface area contributed by atoms with Crippen molar-refractivity contribution in [3.05, 3.63) is 81.8 Å². The number of halogens is 1. The van der Waals surface area contributed by atoms with Gasteiger partial charge in [0.15, 0.2) is 11.4 Å². The van der Waals surface area contributed by atoms with E-state index in [1.165, 1.54) is 22.7 Å². The minimum Gasteiger partial charge on any atom is -0.461 e. The van der Waals surface area contributed by atoms with Crippen LogP contribution >= 0.6 is 38.6 Å². The van der Waals surface area contributed by atoms with Gasteiger partial charge in [-0.3, -0.25) is 0 Å². The maximum atomic E-state index is 11.8. The van der Waals surface area contributed by atoms with Crippen molar-refractivity contribution in [2.75, 3.05) is 13.2 Å². The third-order valence-corrected chi connectivity index (χ3v) is 7.65. The second-order valence-electron chi connectivity index (χ2n) is 7.02. The van der Waals surface area contributed by atoms with Crippen LogP contribution in [0.5, 0.6) is 0 Å². The Morgan fingerprint density at radius 1 is 0.771 bits per heavy atom. The molecule has 0 amide bonds.